The SMILES string of the molecule is CCOc1ccc(/C=C/C2CCN(C(=O)CN3CCOCC3)CC2)cc1. The molecule has 0 unspecified atom stereocenters. The minimum atomic E-state index is 0.265. The summed E-state index contributed by atoms with van der Waals surface area (Å²) in [7, 11) is 0. The molecule has 1 amide bonds. The number of hydrogen-bond donors (Lipinski definition) is 0. The third-order valence-electron chi connectivity index (χ3n) is 5.11. The van der Waals surface area contributed by atoms with E-state index in [-0.39, 0.29) is 5.91 Å². The van der Waals surface area contributed by atoms with E-state index in [4.69, 9.17) is 9.47 Å². The maximum absolute atomic E-state index is 12.5. The highest BCUT2D eigenvalue weighted by Crippen LogP contribution is 2.21. The number of piperidine rings is 1. The van der Waals surface area contributed by atoms with Crippen molar-refractivity contribution in [3.05, 3.63) is 35.9 Å². The monoisotopic (exact) mass is 358 g/mol. The van der Waals surface area contributed by atoms with E-state index in [1.165, 1.54) is 5.56 Å². The van der Waals surface area contributed by atoms with E-state index in [9.17, 15) is 4.79 Å². The first-order chi connectivity index (χ1) is 12.7. The summed E-state index contributed by atoms with van der Waals surface area (Å²) < 4.78 is 10.8. The summed E-state index contributed by atoms with van der Waals surface area (Å²) in [6.45, 7) is 8.17. The van der Waals surface area contributed by atoms with E-state index in [2.05, 4.69) is 29.2 Å². The van der Waals surface area contributed by atoms with Crippen molar-refractivity contribution in [2.45, 2.75) is 19.8 Å². The molecule has 3 rings (SSSR count). The molecule has 2 aliphatic heterocycles. The molecule has 0 saturated carbocycles. The second kappa shape index (κ2) is 9.74. The highest BCUT2D eigenvalue weighted by molar-refractivity contribution is 5.78. The van der Waals surface area contributed by atoms with E-state index in [0.29, 0.717) is 19.1 Å². The summed E-state index contributed by atoms with van der Waals surface area (Å²) in [5.41, 5.74) is 1.19. The lowest BCUT2D eigenvalue weighted by Gasteiger charge is -2.33. The topological polar surface area (TPSA) is 42.0 Å². The van der Waals surface area contributed by atoms with E-state index >= 15 is 0 Å². The van der Waals surface area contributed by atoms with Gasteiger partial charge < -0.3 is 14.4 Å². The Kier molecular flexibility index (Phi) is 7.09. The molecule has 0 bridgehead atoms. The Balaban J connectivity index is 1.42. The van der Waals surface area contributed by atoms with Crippen molar-refractivity contribution in [3.8, 4) is 5.75 Å². The number of rotatable bonds is 6. The van der Waals surface area contributed by atoms with Crippen molar-refractivity contribution in [2.24, 2.45) is 5.92 Å². The first-order valence-corrected chi connectivity index (χ1v) is 9.73. The molecule has 0 atom stereocenters. The van der Waals surface area contributed by atoms with Gasteiger partial charge in [0.1, 0.15) is 5.75 Å². The highest BCUT2D eigenvalue weighted by atomic mass is 16.5. The minimum absolute atomic E-state index is 0.265. The summed E-state index contributed by atoms with van der Waals surface area (Å²) in [6, 6.07) is 8.19. The lowest BCUT2D eigenvalue weighted by Crippen LogP contribution is -2.46. The van der Waals surface area contributed by atoms with Crippen LogP contribution < -0.4 is 4.74 Å². The first kappa shape index (κ1) is 18.9. The van der Waals surface area contributed by atoms with Gasteiger partial charge in [-0.15, -0.1) is 0 Å². The molecule has 1 aromatic rings. The fourth-order valence-corrected chi connectivity index (χ4v) is 3.48. The lowest BCUT2D eigenvalue weighted by molar-refractivity contribution is -0.134. The Bertz CT molecular complexity index is 586. The molecule has 2 heterocycles. The van der Waals surface area contributed by atoms with Gasteiger partial charge >= 0.3 is 0 Å². The molecule has 2 fully saturated rings. The van der Waals surface area contributed by atoms with E-state index in [0.717, 1.165) is 58.0 Å². The second-order valence-corrected chi connectivity index (χ2v) is 6.97. The summed E-state index contributed by atoms with van der Waals surface area (Å²) in [5.74, 6) is 1.73. The summed E-state index contributed by atoms with van der Waals surface area (Å²) in [6.07, 6.45) is 6.57. The number of amides is 1. The molecule has 142 valence electrons. The smallest absolute Gasteiger partial charge is 0.236 e. The van der Waals surface area contributed by atoms with E-state index < -0.39 is 0 Å². The van der Waals surface area contributed by atoms with Gasteiger partial charge in [-0.05, 0) is 43.4 Å². The van der Waals surface area contributed by atoms with Gasteiger partial charge in [0, 0.05) is 26.2 Å². The molecule has 0 spiro atoms. The zero-order valence-corrected chi connectivity index (χ0v) is 15.7. The van der Waals surface area contributed by atoms with E-state index in [1.54, 1.807) is 0 Å². The quantitative estimate of drug-likeness (QED) is 0.784. The van der Waals surface area contributed by atoms with Gasteiger partial charge in [-0.2, -0.15) is 0 Å². The van der Waals surface area contributed by atoms with Crippen molar-refractivity contribution < 1.29 is 14.3 Å². The molecular weight excluding hydrogens is 328 g/mol. The molecule has 0 N–H and O–H groups in total. The molecule has 2 saturated heterocycles. The summed E-state index contributed by atoms with van der Waals surface area (Å²) in [4.78, 5) is 16.7. The van der Waals surface area contributed by atoms with Crippen LogP contribution in [0.5, 0.6) is 5.75 Å². The highest BCUT2D eigenvalue weighted by Gasteiger charge is 2.23. The largest absolute Gasteiger partial charge is 0.494 e. The van der Waals surface area contributed by atoms with Gasteiger partial charge in [-0.3, -0.25) is 9.69 Å². The predicted octanol–water partition coefficient (Wildman–Crippen LogP) is 2.67. The van der Waals surface area contributed by atoms with Gasteiger partial charge in [0.15, 0.2) is 0 Å². The van der Waals surface area contributed by atoms with Crippen LogP contribution in [0.25, 0.3) is 6.08 Å². The van der Waals surface area contributed by atoms with Crippen molar-refractivity contribution in [1.82, 2.24) is 9.80 Å². The number of hydrogen-bond acceptors (Lipinski definition) is 4. The fraction of sp³-hybridized carbons (Fsp3) is 0.571. The zero-order valence-electron chi connectivity index (χ0n) is 15.7. The van der Waals surface area contributed by atoms with E-state index in [1.807, 2.05) is 24.0 Å². The lowest BCUT2D eigenvalue weighted by atomic mass is 9.95. The predicted molar refractivity (Wildman–Crippen MR) is 103 cm³/mol. The van der Waals surface area contributed by atoms with Crippen molar-refractivity contribution in [3.63, 3.8) is 0 Å². The Morgan fingerprint density at radius 1 is 1.15 bits per heavy atom. The maximum atomic E-state index is 12.5. The Hall–Kier alpha value is -1.85. The average Bonchev–Trinajstić information content (AvgIpc) is 2.69. The molecular formula is C21H30N2O3. The van der Waals surface area contributed by atoms with Crippen molar-refractivity contribution in [2.75, 3.05) is 52.5 Å². The van der Waals surface area contributed by atoms with Crippen LogP contribution in [0.4, 0.5) is 0 Å². The normalized spacial score (nSPS) is 19.8. The maximum Gasteiger partial charge on any atom is 0.236 e. The van der Waals surface area contributed by atoms with Crippen LogP contribution in [0.2, 0.25) is 0 Å². The van der Waals surface area contributed by atoms with Gasteiger partial charge in [-0.25, -0.2) is 0 Å². The van der Waals surface area contributed by atoms with Crippen LogP contribution in [0, 0.1) is 5.92 Å². The fourth-order valence-electron chi connectivity index (χ4n) is 3.48. The number of carbonyl (C=O) groups is 1. The molecule has 5 nitrogen and oxygen atoms in total. The van der Waals surface area contributed by atoms with Crippen molar-refractivity contribution >= 4 is 12.0 Å². The van der Waals surface area contributed by atoms with Gasteiger partial charge in [-0.1, -0.05) is 24.3 Å². The van der Waals surface area contributed by atoms with Gasteiger partial charge in [0.05, 0.1) is 26.4 Å². The van der Waals surface area contributed by atoms with Crippen LogP contribution in [0.15, 0.2) is 30.3 Å². The standard InChI is InChI=1S/C21H30N2O3/c1-2-26-20-7-5-18(6-8-20)3-4-19-9-11-23(12-10-19)21(24)17-22-13-15-25-16-14-22/h3-8,19H,2,9-17H2,1H3/b4-3+. The van der Waals surface area contributed by atoms with Crippen LogP contribution in [-0.4, -0.2) is 68.3 Å². The summed E-state index contributed by atoms with van der Waals surface area (Å²) >= 11 is 0. The second-order valence-electron chi connectivity index (χ2n) is 6.97. The third kappa shape index (κ3) is 5.58. The number of carbonyl (C=O) groups excluding carboxylic acids is 1. The number of likely N-dealkylation sites (tertiary alicyclic amines) is 1. The number of morpholine rings is 1. The first-order valence-electron chi connectivity index (χ1n) is 9.73. The van der Waals surface area contributed by atoms with Crippen LogP contribution >= 0.6 is 0 Å². The molecule has 0 aliphatic carbocycles. The zero-order chi connectivity index (χ0) is 18.2. The number of benzene rings is 1. The third-order valence-corrected chi connectivity index (χ3v) is 5.11. The molecule has 0 radical (unpaired) electrons. The molecule has 5 heteroatoms. The van der Waals surface area contributed by atoms with Crippen LogP contribution in [0.3, 0.4) is 0 Å². The Labute approximate surface area is 156 Å². The van der Waals surface area contributed by atoms with Gasteiger partial charge in [0.2, 0.25) is 5.91 Å². The summed E-state index contributed by atoms with van der Waals surface area (Å²) in [5, 5.41) is 0. The Morgan fingerprint density at radius 2 is 1.85 bits per heavy atom. The van der Waals surface area contributed by atoms with Gasteiger partial charge in [0.25, 0.3) is 0 Å². The minimum Gasteiger partial charge on any atom is -0.494 e. The van der Waals surface area contributed by atoms with Crippen LogP contribution in [-0.2, 0) is 9.53 Å². The molecule has 2 aliphatic rings. The number of nitrogens with zero attached hydrogens (tertiary/aromatic N) is 2. The van der Waals surface area contributed by atoms with Crippen molar-refractivity contribution in [1.29, 1.82) is 0 Å². The Morgan fingerprint density at radius 3 is 2.50 bits per heavy atom. The average molecular weight is 358 g/mol. The molecule has 0 aromatic heterocycles. The number of allylic oxidation sites excluding steroid dienone is 1. The van der Waals surface area contributed by atoms with Crippen LogP contribution in [0.1, 0.15) is 25.3 Å². The molecule has 26 heavy (non-hydrogen) atoms. The molecule has 1 aromatic carbocycles. The number of ether oxygens (including phenoxy) is 2.